The molecule has 3 saturated heterocycles. The number of aromatic nitrogens is 2. The Morgan fingerprint density at radius 1 is 1.25 bits per heavy atom. The molecule has 4 heteroatoms. The van der Waals surface area contributed by atoms with E-state index in [4.69, 9.17) is 0 Å². The topological polar surface area (TPSA) is 41.3 Å². The lowest BCUT2D eigenvalue weighted by molar-refractivity contribution is -0.106. The molecule has 0 aliphatic carbocycles. The third-order valence-corrected chi connectivity index (χ3v) is 6.22. The SMILES string of the molecule is Cn1cncc1CCC(O)(c1ccccc1)C1CN2CCC1CC2.[HH]. The first-order valence-electron chi connectivity index (χ1n) is 9.12. The molecule has 2 aromatic rings. The number of imidazole rings is 1. The van der Waals surface area contributed by atoms with Gasteiger partial charge in [0.1, 0.15) is 0 Å². The second-order valence-corrected chi connectivity index (χ2v) is 7.53. The summed E-state index contributed by atoms with van der Waals surface area (Å²) in [5, 5.41) is 11.9. The van der Waals surface area contributed by atoms with Crippen molar-refractivity contribution in [2.45, 2.75) is 31.3 Å². The standard InChI is InChI=1S/C20H27N3O.H2/c1-22-15-21-13-18(22)7-10-20(24,17-5-3-2-4-6-17)19-14-23-11-8-16(19)9-12-23;/h2-6,13,15-16,19,24H,7-12,14H2,1H3;1H. The molecule has 2 bridgehead atoms. The maximum Gasteiger partial charge on any atom is 0.0945 e. The average Bonchev–Trinajstić information content (AvgIpc) is 3.06. The molecule has 1 N–H and O–H groups in total. The number of nitrogens with zero attached hydrogens (tertiary/aromatic N) is 3. The molecule has 5 rings (SSSR count). The molecule has 2 unspecified atom stereocenters. The van der Waals surface area contributed by atoms with Crippen molar-refractivity contribution in [1.82, 2.24) is 14.5 Å². The van der Waals surface area contributed by atoms with E-state index in [1.165, 1.54) is 31.6 Å². The normalized spacial score (nSPS) is 28.7. The molecular weight excluding hydrogens is 298 g/mol. The molecule has 3 aliphatic heterocycles. The van der Waals surface area contributed by atoms with Crippen molar-refractivity contribution in [3.05, 3.63) is 54.1 Å². The molecule has 3 aliphatic rings. The van der Waals surface area contributed by atoms with Crippen molar-refractivity contribution in [3.63, 3.8) is 0 Å². The lowest BCUT2D eigenvalue weighted by Crippen LogP contribution is -2.55. The number of aliphatic hydroxyl groups is 1. The molecule has 2 atom stereocenters. The minimum Gasteiger partial charge on any atom is -0.385 e. The Kier molecular flexibility index (Phi) is 4.19. The first kappa shape index (κ1) is 15.9. The molecule has 0 saturated carbocycles. The first-order chi connectivity index (χ1) is 11.7. The van der Waals surface area contributed by atoms with Crippen LogP contribution in [0.1, 0.15) is 31.9 Å². The van der Waals surface area contributed by atoms with Gasteiger partial charge < -0.3 is 14.6 Å². The summed E-state index contributed by atoms with van der Waals surface area (Å²) in [6.45, 7) is 3.43. The van der Waals surface area contributed by atoms with Gasteiger partial charge in [-0.05, 0) is 50.3 Å². The summed E-state index contributed by atoms with van der Waals surface area (Å²) in [5.41, 5.74) is 1.51. The van der Waals surface area contributed by atoms with Gasteiger partial charge >= 0.3 is 0 Å². The number of fused-ring (bicyclic) bond motifs is 3. The van der Waals surface area contributed by atoms with Gasteiger partial charge in [0.2, 0.25) is 0 Å². The predicted molar refractivity (Wildman–Crippen MR) is 96.6 cm³/mol. The maximum absolute atomic E-state index is 11.9. The molecule has 0 spiro atoms. The monoisotopic (exact) mass is 327 g/mol. The number of hydrogen-bond donors (Lipinski definition) is 1. The van der Waals surface area contributed by atoms with Crippen LogP contribution in [0.25, 0.3) is 0 Å². The molecule has 1 aromatic heterocycles. The van der Waals surface area contributed by atoms with E-state index in [2.05, 4.69) is 26.6 Å². The van der Waals surface area contributed by atoms with Gasteiger partial charge in [-0.3, -0.25) is 0 Å². The van der Waals surface area contributed by atoms with Crippen LogP contribution in [0.15, 0.2) is 42.9 Å². The molecular formula is C20H29N3O. The molecule has 4 heterocycles. The number of hydrogen-bond acceptors (Lipinski definition) is 3. The van der Waals surface area contributed by atoms with Crippen molar-refractivity contribution in [1.29, 1.82) is 0 Å². The highest BCUT2D eigenvalue weighted by Crippen LogP contribution is 2.45. The van der Waals surface area contributed by atoms with Crippen molar-refractivity contribution < 1.29 is 6.53 Å². The summed E-state index contributed by atoms with van der Waals surface area (Å²) >= 11 is 0. The fourth-order valence-electron chi connectivity index (χ4n) is 4.72. The van der Waals surface area contributed by atoms with E-state index in [0.717, 1.165) is 24.9 Å². The summed E-state index contributed by atoms with van der Waals surface area (Å²) < 4.78 is 2.06. The van der Waals surface area contributed by atoms with Crippen LogP contribution in [-0.4, -0.2) is 39.2 Å². The third kappa shape index (κ3) is 2.78. The molecule has 4 nitrogen and oxygen atoms in total. The molecule has 0 radical (unpaired) electrons. The van der Waals surface area contributed by atoms with Crippen LogP contribution >= 0.6 is 0 Å². The zero-order valence-electron chi connectivity index (χ0n) is 14.4. The molecule has 130 valence electrons. The zero-order valence-corrected chi connectivity index (χ0v) is 14.4. The van der Waals surface area contributed by atoms with E-state index in [1.807, 2.05) is 37.8 Å². The van der Waals surface area contributed by atoms with Crippen LogP contribution in [0.4, 0.5) is 0 Å². The van der Waals surface area contributed by atoms with Gasteiger partial charge in [0.25, 0.3) is 0 Å². The number of piperidine rings is 3. The van der Waals surface area contributed by atoms with E-state index in [1.54, 1.807) is 0 Å². The van der Waals surface area contributed by atoms with Crippen LogP contribution < -0.4 is 0 Å². The third-order valence-electron chi connectivity index (χ3n) is 6.22. The Morgan fingerprint density at radius 2 is 2.00 bits per heavy atom. The summed E-state index contributed by atoms with van der Waals surface area (Å²) in [5.74, 6) is 0.974. The summed E-state index contributed by atoms with van der Waals surface area (Å²) in [7, 11) is 2.03. The molecule has 3 fully saturated rings. The van der Waals surface area contributed by atoms with Crippen molar-refractivity contribution in [2.24, 2.45) is 18.9 Å². The quantitative estimate of drug-likeness (QED) is 0.918. The van der Waals surface area contributed by atoms with Crippen LogP contribution in [-0.2, 0) is 19.1 Å². The Labute approximate surface area is 145 Å². The van der Waals surface area contributed by atoms with Gasteiger partial charge in [-0.2, -0.15) is 0 Å². The van der Waals surface area contributed by atoms with E-state index in [9.17, 15) is 5.11 Å². The zero-order chi connectivity index (χ0) is 16.6. The highest BCUT2D eigenvalue weighted by atomic mass is 16.3. The fourth-order valence-corrected chi connectivity index (χ4v) is 4.72. The lowest BCUT2D eigenvalue weighted by Gasteiger charge is -2.51. The van der Waals surface area contributed by atoms with Crippen molar-refractivity contribution in [2.75, 3.05) is 19.6 Å². The van der Waals surface area contributed by atoms with Gasteiger partial charge in [0.15, 0.2) is 0 Å². The van der Waals surface area contributed by atoms with Crippen LogP contribution in [0, 0.1) is 11.8 Å². The van der Waals surface area contributed by atoms with Crippen LogP contribution in [0.2, 0.25) is 0 Å². The predicted octanol–water partition coefficient (Wildman–Crippen LogP) is 2.83. The van der Waals surface area contributed by atoms with Gasteiger partial charge in [0.05, 0.1) is 11.9 Å². The Hall–Kier alpha value is -1.65. The molecule has 0 amide bonds. The largest absolute Gasteiger partial charge is 0.385 e. The smallest absolute Gasteiger partial charge is 0.0945 e. The summed E-state index contributed by atoms with van der Waals surface area (Å²) in [6.07, 6.45) is 7.82. The minimum atomic E-state index is -0.755. The van der Waals surface area contributed by atoms with E-state index in [-0.39, 0.29) is 1.43 Å². The van der Waals surface area contributed by atoms with Crippen molar-refractivity contribution in [3.8, 4) is 0 Å². The van der Waals surface area contributed by atoms with Gasteiger partial charge in [-0.15, -0.1) is 0 Å². The summed E-state index contributed by atoms with van der Waals surface area (Å²) in [6, 6.07) is 10.3. The average molecular weight is 327 g/mol. The van der Waals surface area contributed by atoms with Crippen LogP contribution in [0.5, 0.6) is 0 Å². The van der Waals surface area contributed by atoms with Gasteiger partial charge in [-0.25, -0.2) is 4.98 Å². The van der Waals surface area contributed by atoms with Gasteiger partial charge in [-0.1, -0.05) is 30.3 Å². The Morgan fingerprint density at radius 3 is 2.58 bits per heavy atom. The highest BCUT2D eigenvalue weighted by Gasteiger charge is 2.47. The van der Waals surface area contributed by atoms with E-state index in [0.29, 0.717) is 11.8 Å². The lowest BCUT2D eigenvalue weighted by atomic mass is 9.66. The first-order valence-corrected chi connectivity index (χ1v) is 9.12. The maximum atomic E-state index is 11.9. The number of aryl methyl sites for hydroxylation is 2. The highest BCUT2D eigenvalue weighted by molar-refractivity contribution is 5.25. The second-order valence-electron chi connectivity index (χ2n) is 7.53. The van der Waals surface area contributed by atoms with Gasteiger partial charge in [0, 0.05) is 32.8 Å². The Bertz CT molecular complexity index is 681. The summed E-state index contributed by atoms with van der Waals surface area (Å²) in [4.78, 5) is 6.75. The van der Waals surface area contributed by atoms with E-state index >= 15 is 0 Å². The number of benzene rings is 1. The minimum absolute atomic E-state index is 0. The van der Waals surface area contributed by atoms with Crippen molar-refractivity contribution >= 4 is 0 Å². The molecule has 24 heavy (non-hydrogen) atoms. The fraction of sp³-hybridized carbons (Fsp3) is 0.550. The van der Waals surface area contributed by atoms with E-state index < -0.39 is 5.60 Å². The van der Waals surface area contributed by atoms with Crippen LogP contribution in [0.3, 0.4) is 0 Å². The second kappa shape index (κ2) is 6.34. The number of rotatable bonds is 5. The molecule has 1 aromatic carbocycles. The Balaban J connectivity index is 0.00000182.